The van der Waals surface area contributed by atoms with Gasteiger partial charge in [0.25, 0.3) is 5.56 Å². The first-order valence-electron chi connectivity index (χ1n) is 5.85. The zero-order valence-corrected chi connectivity index (χ0v) is 14.2. The van der Waals surface area contributed by atoms with E-state index in [-0.39, 0.29) is 25.8 Å². The van der Waals surface area contributed by atoms with Gasteiger partial charge in [-0.1, -0.05) is 0 Å². The predicted molar refractivity (Wildman–Crippen MR) is 87.9 cm³/mol. The quantitative estimate of drug-likeness (QED) is 0.483. The molecule has 2 aromatic rings. The molecule has 0 aliphatic rings. The lowest BCUT2D eigenvalue weighted by atomic mass is 9.95. The van der Waals surface area contributed by atoms with E-state index in [1.54, 1.807) is 0 Å². The van der Waals surface area contributed by atoms with Gasteiger partial charge >= 0.3 is 11.9 Å². The maximum Gasteiger partial charge on any atom is 0.342 e. The van der Waals surface area contributed by atoms with Crippen LogP contribution in [0.1, 0.15) is 20.7 Å². The highest BCUT2D eigenvalue weighted by atomic mass is 79.9. The zero-order valence-electron chi connectivity index (χ0n) is 11.1. The molecule has 0 fully saturated rings. The van der Waals surface area contributed by atoms with E-state index in [9.17, 15) is 29.7 Å². The van der Waals surface area contributed by atoms with E-state index < -0.39 is 34.4 Å². The summed E-state index contributed by atoms with van der Waals surface area (Å²) in [6.07, 6.45) is 0. The molecule has 1 heterocycles. The molecule has 10 heteroatoms. The number of halogens is 2. The highest BCUT2D eigenvalue weighted by Gasteiger charge is 2.27. The minimum absolute atomic E-state index is 0.0779. The Morgan fingerprint density at radius 2 is 1.52 bits per heavy atom. The lowest BCUT2D eigenvalue weighted by Crippen LogP contribution is -2.24. The number of phenols is 1. The van der Waals surface area contributed by atoms with Crippen LogP contribution >= 0.6 is 31.9 Å². The largest absolute Gasteiger partial charge is 0.506 e. The number of H-pyrrole nitrogens is 1. The maximum atomic E-state index is 11.9. The first-order chi connectivity index (χ1) is 10.6. The molecule has 120 valence electrons. The summed E-state index contributed by atoms with van der Waals surface area (Å²) in [6, 6.07) is 2.57. The van der Waals surface area contributed by atoms with Crippen LogP contribution in [0.15, 0.2) is 25.9 Å². The Morgan fingerprint density at radius 3 is 1.96 bits per heavy atom. The fourth-order valence-electron chi connectivity index (χ4n) is 2.05. The second-order valence-corrected chi connectivity index (χ2v) is 6.10. The van der Waals surface area contributed by atoms with E-state index in [0.717, 1.165) is 0 Å². The number of carboxylic acids is 2. The molecule has 23 heavy (non-hydrogen) atoms. The van der Waals surface area contributed by atoms with Crippen LogP contribution in [0.3, 0.4) is 0 Å². The summed E-state index contributed by atoms with van der Waals surface area (Å²) in [5, 5.41) is 28.3. The molecule has 0 atom stereocenters. The number of aromatic carboxylic acids is 2. The second kappa shape index (κ2) is 6.05. The van der Waals surface area contributed by atoms with Gasteiger partial charge in [-0.15, -0.1) is 0 Å². The molecular formula is C13H8Br2N2O6. The number of aromatic hydroxyl groups is 1. The average Bonchev–Trinajstić information content (AvgIpc) is 2.42. The number of hydrogen-bond acceptors (Lipinski definition) is 5. The van der Waals surface area contributed by atoms with E-state index in [2.05, 4.69) is 31.9 Å². The minimum Gasteiger partial charge on any atom is -0.506 e. The normalized spacial score (nSPS) is 10.5. The first kappa shape index (κ1) is 17.0. The van der Waals surface area contributed by atoms with Crippen LogP contribution in [0.5, 0.6) is 5.75 Å². The molecule has 0 saturated carbocycles. The van der Waals surface area contributed by atoms with Crippen LogP contribution in [-0.4, -0.2) is 32.2 Å². The lowest BCUT2D eigenvalue weighted by molar-refractivity contribution is 0.0695. The molecule has 6 N–H and O–H groups in total. The van der Waals surface area contributed by atoms with Crippen molar-refractivity contribution < 1.29 is 24.9 Å². The van der Waals surface area contributed by atoms with E-state index in [4.69, 9.17) is 5.73 Å². The van der Waals surface area contributed by atoms with Crippen LogP contribution in [0.4, 0.5) is 5.82 Å². The molecule has 0 aliphatic carbocycles. The molecule has 2 rings (SSSR count). The van der Waals surface area contributed by atoms with Gasteiger partial charge in [-0.2, -0.15) is 0 Å². The van der Waals surface area contributed by atoms with Crippen molar-refractivity contribution in [3.8, 4) is 16.9 Å². The Hall–Kier alpha value is -2.33. The van der Waals surface area contributed by atoms with Gasteiger partial charge in [0.1, 0.15) is 22.7 Å². The summed E-state index contributed by atoms with van der Waals surface area (Å²) >= 11 is 6.12. The summed E-state index contributed by atoms with van der Waals surface area (Å²) in [4.78, 5) is 36.8. The van der Waals surface area contributed by atoms with E-state index in [0.29, 0.717) is 0 Å². The number of hydrogen-bond donors (Lipinski definition) is 5. The zero-order chi connectivity index (χ0) is 17.5. The van der Waals surface area contributed by atoms with Crippen molar-refractivity contribution in [2.45, 2.75) is 0 Å². The van der Waals surface area contributed by atoms with Crippen LogP contribution in [0.25, 0.3) is 11.1 Å². The van der Waals surface area contributed by atoms with Crippen LogP contribution in [0, 0.1) is 0 Å². The second-order valence-electron chi connectivity index (χ2n) is 4.39. The highest BCUT2D eigenvalue weighted by Crippen LogP contribution is 2.39. The number of benzene rings is 1. The molecule has 1 aromatic heterocycles. The van der Waals surface area contributed by atoms with Crippen molar-refractivity contribution in [3.63, 3.8) is 0 Å². The number of nitrogens with two attached hydrogens (primary N) is 1. The third-order valence-electron chi connectivity index (χ3n) is 2.98. The number of aromatic amines is 1. The monoisotopic (exact) mass is 446 g/mol. The molecular weight excluding hydrogens is 440 g/mol. The van der Waals surface area contributed by atoms with Gasteiger partial charge in [-0.25, -0.2) is 9.59 Å². The van der Waals surface area contributed by atoms with Crippen LogP contribution in [-0.2, 0) is 0 Å². The summed E-state index contributed by atoms with van der Waals surface area (Å²) in [5.41, 5.74) is 2.91. The van der Waals surface area contributed by atoms with Crippen molar-refractivity contribution in [2.75, 3.05) is 5.73 Å². The number of carbonyl (C=O) groups is 2. The topological polar surface area (TPSA) is 154 Å². The standard InChI is InChI=1S/C13H8Br2N2O6/c14-4-1-3(2-5(15)9(4)18)6-7(12(20)21)10(16)17-11(19)8(6)13(22)23/h1-2,18H,(H,20,21)(H,22,23)(H3,16,17,19). The fourth-order valence-corrected chi connectivity index (χ4v) is 3.23. The molecule has 0 aliphatic heterocycles. The van der Waals surface area contributed by atoms with Gasteiger partial charge in [-0.3, -0.25) is 4.79 Å². The maximum absolute atomic E-state index is 11.9. The van der Waals surface area contributed by atoms with Crippen molar-refractivity contribution >= 4 is 49.6 Å². The van der Waals surface area contributed by atoms with Gasteiger partial charge in [0.2, 0.25) is 0 Å². The minimum atomic E-state index is -1.61. The fraction of sp³-hybridized carbons (Fsp3) is 0. The van der Waals surface area contributed by atoms with Crippen molar-refractivity contribution in [2.24, 2.45) is 0 Å². The highest BCUT2D eigenvalue weighted by molar-refractivity contribution is 9.11. The summed E-state index contributed by atoms with van der Waals surface area (Å²) in [6.45, 7) is 0. The summed E-state index contributed by atoms with van der Waals surface area (Å²) in [5.74, 6) is -3.75. The number of carboxylic acid groups (broad SMARTS) is 2. The molecule has 0 amide bonds. The number of nitrogen functional groups attached to an aromatic ring is 1. The Morgan fingerprint density at radius 1 is 1.04 bits per heavy atom. The number of nitrogens with one attached hydrogen (secondary N) is 1. The summed E-state index contributed by atoms with van der Waals surface area (Å²) < 4.78 is 0.349. The summed E-state index contributed by atoms with van der Waals surface area (Å²) in [7, 11) is 0. The SMILES string of the molecule is Nc1[nH]c(=O)c(C(=O)O)c(-c2cc(Br)c(O)c(Br)c2)c1C(=O)O. The molecule has 0 unspecified atom stereocenters. The van der Waals surface area contributed by atoms with Gasteiger partial charge in [-0.05, 0) is 49.6 Å². The van der Waals surface area contributed by atoms with E-state index in [1.165, 1.54) is 12.1 Å². The molecule has 0 bridgehead atoms. The van der Waals surface area contributed by atoms with Gasteiger partial charge in [0.15, 0.2) is 0 Å². The van der Waals surface area contributed by atoms with Crippen LogP contribution < -0.4 is 11.3 Å². The number of anilines is 1. The molecule has 0 saturated heterocycles. The van der Waals surface area contributed by atoms with Crippen molar-refractivity contribution in [1.82, 2.24) is 4.98 Å². The Balaban J connectivity index is 3.03. The average molecular weight is 448 g/mol. The number of pyridine rings is 1. The van der Waals surface area contributed by atoms with E-state index in [1.807, 2.05) is 4.98 Å². The Kier molecular flexibility index (Phi) is 4.48. The number of aromatic nitrogens is 1. The molecule has 1 aromatic carbocycles. The molecule has 0 spiro atoms. The Bertz CT molecular complexity index is 883. The Labute approximate surface area is 144 Å². The van der Waals surface area contributed by atoms with Gasteiger partial charge < -0.3 is 26.0 Å². The van der Waals surface area contributed by atoms with Gasteiger partial charge in [0, 0.05) is 5.56 Å². The van der Waals surface area contributed by atoms with Crippen molar-refractivity contribution in [1.29, 1.82) is 0 Å². The first-order valence-corrected chi connectivity index (χ1v) is 7.44. The number of phenolic OH excluding ortho intramolecular Hbond substituents is 1. The smallest absolute Gasteiger partial charge is 0.342 e. The lowest BCUT2D eigenvalue weighted by Gasteiger charge is -2.13. The third-order valence-corrected chi connectivity index (χ3v) is 4.19. The van der Waals surface area contributed by atoms with Gasteiger partial charge in [0.05, 0.1) is 8.95 Å². The molecule has 8 nitrogen and oxygen atoms in total. The van der Waals surface area contributed by atoms with E-state index >= 15 is 0 Å². The third kappa shape index (κ3) is 2.94. The van der Waals surface area contributed by atoms with Crippen molar-refractivity contribution in [3.05, 3.63) is 42.6 Å². The molecule has 0 radical (unpaired) electrons. The van der Waals surface area contributed by atoms with Crippen LogP contribution in [0.2, 0.25) is 0 Å². The number of rotatable bonds is 3. The predicted octanol–water partition coefficient (Wildman–Crippen LogP) is 2.25.